The minimum atomic E-state index is -0.455. The van der Waals surface area contributed by atoms with Crippen LogP contribution >= 0.6 is 34.4 Å². The third kappa shape index (κ3) is 5.67. The summed E-state index contributed by atoms with van der Waals surface area (Å²) >= 11 is 4.28. The fourth-order valence-corrected chi connectivity index (χ4v) is 5.70. The van der Waals surface area contributed by atoms with Gasteiger partial charge in [-0.2, -0.15) is 0 Å². The van der Waals surface area contributed by atoms with Gasteiger partial charge < -0.3 is 15.2 Å². The zero-order chi connectivity index (χ0) is 23.4. The SMILES string of the molecule is CN(CC(=O)Nc1cccc(F)c1)C(=O)CSCc1nc2scc(-c3cccs3)c2c(=O)[nH]1. The Morgan fingerprint density at radius 3 is 2.85 bits per heavy atom. The second-order valence-corrected chi connectivity index (χ2v) is 9.91. The van der Waals surface area contributed by atoms with Crippen molar-refractivity contribution in [2.45, 2.75) is 5.75 Å². The topological polar surface area (TPSA) is 95.2 Å². The van der Waals surface area contributed by atoms with Crippen LogP contribution in [0, 0.1) is 5.82 Å². The number of rotatable bonds is 8. The molecule has 2 amide bonds. The lowest BCUT2D eigenvalue weighted by molar-refractivity contribution is -0.131. The molecular formula is C22H19FN4O3S3. The minimum Gasteiger partial charge on any atom is -0.336 e. The fraction of sp³-hybridized carbons (Fsp3) is 0.182. The quantitative estimate of drug-likeness (QED) is 0.377. The van der Waals surface area contributed by atoms with Crippen LogP contribution in [0.25, 0.3) is 20.7 Å². The van der Waals surface area contributed by atoms with Gasteiger partial charge in [-0.05, 0) is 29.6 Å². The molecule has 0 aliphatic carbocycles. The molecule has 0 saturated carbocycles. The number of aromatic nitrogens is 2. The molecule has 0 bridgehead atoms. The molecule has 4 rings (SSSR count). The smallest absolute Gasteiger partial charge is 0.260 e. The Hall–Kier alpha value is -3.02. The third-order valence-corrected chi connectivity index (χ3v) is 7.36. The van der Waals surface area contributed by atoms with Crippen molar-refractivity contribution in [3.8, 4) is 10.4 Å². The number of anilines is 1. The van der Waals surface area contributed by atoms with E-state index in [-0.39, 0.29) is 23.8 Å². The molecule has 3 heterocycles. The fourth-order valence-electron chi connectivity index (χ4n) is 3.09. The second-order valence-electron chi connectivity index (χ2n) is 7.12. The number of H-pyrrole nitrogens is 1. The molecule has 170 valence electrons. The van der Waals surface area contributed by atoms with Gasteiger partial charge in [0.15, 0.2) is 0 Å². The highest BCUT2D eigenvalue weighted by Gasteiger charge is 2.16. The average Bonchev–Trinajstić information content (AvgIpc) is 3.43. The summed E-state index contributed by atoms with van der Waals surface area (Å²) in [5.41, 5.74) is 1.01. The highest BCUT2D eigenvalue weighted by atomic mass is 32.2. The third-order valence-electron chi connectivity index (χ3n) is 4.66. The summed E-state index contributed by atoms with van der Waals surface area (Å²) in [6.45, 7) is -0.155. The molecule has 0 radical (unpaired) electrons. The highest BCUT2D eigenvalue weighted by Crippen LogP contribution is 2.33. The molecule has 11 heteroatoms. The van der Waals surface area contributed by atoms with Crippen LogP contribution in [0.4, 0.5) is 10.1 Å². The number of benzene rings is 1. The molecule has 0 spiro atoms. The maximum Gasteiger partial charge on any atom is 0.260 e. The van der Waals surface area contributed by atoms with Crippen LogP contribution in [0.5, 0.6) is 0 Å². The molecule has 0 aliphatic rings. The molecule has 0 fully saturated rings. The van der Waals surface area contributed by atoms with Gasteiger partial charge in [0, 0.05) is 28.6 Å². The summed E-state index contributed by atoms with van der Waals surface area (Å²) in [7, 11) is 1.53. The van der Waals surface area contributed by atoms with Crippen molar-refractivity contribution in [1.29, 1.82) is 0 Å². The summed E-state index contributed by atoms with van der Waals surface area (Å²) in [4.78, 5) is 47.4. The minimum absolute atomic E-state index is 0.121. The van der Waals surface area contributed by atoms with Crippen LogP contribution in [0.15, 0.2) is 52.0 Å². The second kappa shape index (κ2) is 10.3. The van der Waals surface area contributed by atoms with E-state index in [0.717, 1.165) is 10.4 Å². The van der Waals surface area contributed by atoms with Gasteiger partial charge in [-0.15, -0.1) is 34.4 Å². The van der Waals surface area contributed by atoms with Crippen molar-refractivity contribution in [3.63, 3.8) is 0 Å². The van der Waals surface area contributed by atoms with E-state index < -0.39 is 11.7 Å². The lowest BCUT2D eigenvalue weighted by atomic mass is 10.2. The van der Waals surface area contributed by atoms with E-state index in [1.807, 2.05) is 22.9 Å². The lowest BCUT2D eigenvalue weighted by Crippen LogP contribution is -2.36. The first-order valence-corrected chi connectivity index (χ1v) is 12.7. The van der Waals surface area contributed by atoms with Crippen molar-refractivity contribution in [2.24, 2.45) is 0 Å². The molecule has 3 aromatic heterocycles. The predicted molar refractivity (Wildman–Crippen MR) is 132 cm³/mol. The number of carbonyl (C=O) groups is 2. The Labute approximate surface area is 200 Å². The van der Waals surface area contributed by atoms with Gasteiger partial charge >= 0.3 is 0 Å². The van der Waals surface area contributed by atoms with Crippen LogP contribution < -0.4 is 10.9 Å². The first kappa shape index (κ1) is 23.1. The number of hydrogen-bond acceptors (Lipinski definition) is 7. The van der Waals surface area contributed by atoms with Gasteiger partial charge in [0.2, 0.25) is 11.8 Å². The summed E-state index contributed by atoms with van der Waals surface area (Å²) in [6, 6.07) is 9.46. The number of thioether (sulfide) groups is 1. The molecule has 4 aromatic rings. The molecule has 0 atom stereocenters. The summed E-state index contributed by atoms with van der Waals surface area (Å²) in [5.74, 6) is -0.144. The van der Waals surface area contributed by atoms with Crippen LogP contribution in [0.1, 0.15) is 5.82 Å². The Morgan fingerprint density at radius 1 is 1.24 bits per heavy atom. The van der Waals surface area contributed by atoms with Crippen molar-refractivity contribution < 1.29 is 14.0 Å². The Balaban J connectivity index is 1.31. The molecule has 2 N–H and O–H groups in total. The van der Waals surface area contributed by atoms with Crippen LogP contribution in [0.2, 0.25) is 0 Å². The summed E-state index contributed by atoms with van der Waals surface area (Å²) in [5, 5.41) is 7.03. The molecular weight excluding hydrogens is 483 g/mol. The number of fused-ring (bicyclic) bond motifs is 1. The van der Waals surface area contributed by atoms with E-state index in [1.165, 1.54) is 53.2 Å². The van der Waals surface area contributed by atoms with Gasteiger partial charge in [0.1, 0.15) is 16.5 Å². The molecule has 0 saturated heterocycles. The number of carbonyl (C=O) groups excluding carboxylic acids is 2. The molecule has 0 unspecified atom stereocenters. The maximum atomic E-state index is 13.2. The number of thiophene rings is 2. The van der Waals surface area contributed by atoms with E-state index in [4.69, 9.17) is 0 Å². The maximum absolute atomic E-state index is 13.2. The van der Waals surface area contributed by atoms with Crippen molar-refractivity contribution >= 4 is 62.2 Å². The van der Waals surface area contributed by atoms with E-state index in [0.29, 0.717) is 27.5 Å². The van der Waals surface area contributed by atoms with E-state index in [2.05, 4.69) is 15.3 Å². The van der Waals surface area contributed by atoms with Gasteiger partial charge in [0.25, 0.3) is 5.56 Å². The van der Waals surface area contributed by atoms with E-state index in [9.17, 15) is 18.8 Å². The first-order chi connectivity index (χ1) is 15.9. The Bertz CT molecular complexity index is 1350. The summed E-state index contributed by atoms with van der Waals surface area (Å²) in [6.07, 6.45) is 0. The van der Waals surface area contributed by atoms with Gasteiger partial charge in [0.05, 0.1) is 23.4 Å². The van der Waals surface area contributed by atoms with Crippen molar-refractivity contribution in [1.82, 2.24) is 14.9 Å². The van der Waals surface area contributed by atoms with Gasteiger partial charge in [-0.1, -0.05) is 12.1 Å². The normalized spacial score (nSPS) is 11.0. The van der Waals surface area contributed by atoms with E-state index in [1.54, 1.807) is 17.4 Å². The number of amides is 2. The lowest BCUT2D eigenvalue weighted by Gasteiger charge is -2.16. The van der Waals surface area contributed by atoms with E-state index >= 15 is 0 Å². The number of hydrogen-bond donors (Lipinski definition) is 2. The van der Waals surface area contributed by atoms with Crippen molar-refractivity contribution in [3.05, 3.63) is 69.2 Å². The first-order valence-electron chi connectivity index (χ1n) is 9.82. The van der Waals surface area contributed by atoms with Crippen LogP contribution in [-0.4, -0.2) is 46.0 Å². The summed E-state index contributed by atoms with van der Waals surface area (Å²) < 4.78 is 13.2. The van der Waals surface area contributed by atoms with Crippen molar-refractivity contribution in [2.75, 3.05) is 24.7 Å². The van der Waals surface area contributed by atoms with Gasteiger partial charge in [-0.3, -0.25) is 14.4 Å². The molecule has 0 aliphatic heterocycles. The standard InChI is InChI=1S/C22H19FN4O3S3/c1-27(9-18(28)24-14-5-2-4-13(23)8-14)19(29)12-31-11-17-25-21(30)20-15(10-33-22(20)26-17)16-6-3-7-32-16/h2-8,10H,9,11-12H2,1H3,(H,24,28)(H,25,26,30). The number of aromatic amines is 1. The molecule has 33 heavy (non-hydrogen) atoms. The van der Waals surface area contributed by atoms with Gasteiger partial charge in [-0.25, -0.2) is 9.37 Å². The predicted octanol–water partition coefficient (Wildman–Crippen LogP) is 4.18. The number of nitrogens with one attached hydrogen (secondary N) is 2. The number of halogens is 1. The zero-order valence-corrected chi connectivity index (χ0v) is 19.9. The number of nitrogens with zero attached hydrogens (tertiary/aromatic N) is 2. The number of likely N-dealkylation sites (N-methyl/N-ethyl adjacent to an activating group) is 1. The zero-order valence-electron chi connectivity index (χ0n) is 17.5. The highest BCUT2D eigenvalue weighted by molar-refractivity contribution is 7.99. The Kier molecular flexibility index (Phi) is 7.21. The molecule has 1 aromatic carbocycles. The largest absolute Gasteiger partial charge is 0.336 e. The van der Waals surface area contributed by atoms with Crippen LogP contribution in [0.3, 0.4) is 0 Å². The van der Waals surface area contributed by atoms with Crippen LogP contribution in [-0.2, 0) is 15.3 Å². The average molecular weight is 503 g/mol. The monoisotopic (exact) mass is 502 g/mol. The molecule has 7 nitrogen and oxygen atoms in total. The Morgan fingerprint density at radius 2 is 2.09 bits per heavy atom.